The number of aromatic nitrogens is 2. The maximum absolute atomic E-state index is 13.1. The van der Waals surface area contributed by atoms with Crippen molar-refractivity contribution in [3.05, 3.63) is 63.7 Å². The Morgan fingerprint density at radius 2 is 1.97 bits per heavy atom. The first-order chi connectivity index (χ1) is 14.9. The lowest BCUT2D eigenvalue weighted by molar-refractivity contribution is -0.384. The Balaban J connectivity index is 1.88. The summed E-state index contributed by atoms with van der Waals surface area (Å²) in [6.45, 7) is 3.90. The molecule has 1 amide bonds. The molecule has 3 rings (SSSR count). The van der Waals surface area contributed by atoms with Gasteiger partial charge in [-0.3, -0.25) is 14.9 Å². The van der Waals surface area contributed by atoms with Gasteiger partial charge in [0.2, 0.25) is 5.89 Å². The number of nitro groups is 1. The molecule has 0 fully saturated rings. The Morgan fingerprint density at radius 1 is 1.19 bits per heavy atom. The van der Waals surface area contributed by atoms with E-state index in [0.29, 0.717) is 18.7 Å². The Kier molecular flexibility index (Phi) is 6.75. The molecule has 2 aromatic heterocycles. The standard InChI is InChI=1S/C20H20N4O7/c1-3-7-23(12-17-21-22-18(31-17)16-6-5-8-30-16)19(25)13-9-14(20(26)29-4-2)11-15(10-13)24(27)28/h5-6,8-11H,3-4,7,12H2,1-2H3. The molecule has 162 valence electrons. The van der Waals surface area contributed by atoms with Crippen molar-refractivity contribution in [1.82, 2.24) is 15.1 Å². The molecule has 0 aliphatic rings. The Hall–Kier alpha value is -4.02. The molecule has 11 nitrogen and oxygen atoms in total. The number of nitrogens with zero attached hydrogens (tertiary/aromatic N) is 4. The number of carbonyl (C=O) groups is 2. The van der Waals surface area contributed by atoms with E-state index < -0.39 is 16.8 Å². The number of esters is 1. The van der Waals surface area contributed by atoms with E-state index in [1.54, 1.807) is 19.1 Å². The second-order valence-electron chi connectivity index (χ2n) is 6.45. The molecule has 0 saturated heterocycles. The third-order valence-corrected chi connectivity index (χ3v) is 4.19. The summed E-state index contributed by atoms with van der Waals surface area (Å²) in [6.07, 6.45) is 2.08. The SMILES string of the molecule is CCCN(Cc1nnc(-c2ccco2)o1)C(=O)c1cc(C(=O)OCC)cc([N+](=O)[O-])c1. The number of nitro benzene ring substituents is 1. The highest BCUT2D eigenvalue weighted by Gasteiger charge is 2.24. The molecule has 0 unspecified atom stereocenters. The number of hydrogen-bond donors (Lipinski definition) is 0. The van der Waals surface area contributed by atoms with Gasteiger partial charge in [-0.15, -0.1) is 10.2 Å². The number of benzene rings is 1. The van der Waals surface area contributed by atoms with Crippen molar-refractivity contribution in [2.75, 3.05) is 13.2 Å². The highest BCUT2D eigenvalue weighted by Crippen LogP contribution is 2.22. The lowest BCUT2D eigenvalue weighted by atomic mass is 10.1. The third-order valence-electron chi connectivity index (χ3n) is 4.19. The lowest BCUT2D eigenvalue weighted by Gasteiger charge is -2.20. The van der Waals surface area contributed by atoms with Crippen molar-refractivity contribution in [3.8, 4) is 11.7 Å². The highest BCUT2D eigenvalue weighted by atomic mass is 16.6. The van der Waals surface area contributed by atoms with Crippen molar-refractivity contribution in [2.24, 2.45) is 0 Å². The van der Waals surface area contributed by atoms with Crippen LogP contribution in [0.4, 0.5) is 5.69 Å². The summed E-state index contributed by atoms with van der Waals surface area (Å²) in [7, 11) is 0. The first-order valence-corrected chi connectivity index (χ1v) is 9.55. The van der Waals surface area contributed by atoms with Crippen molar-refractivity contribution in [2.45, 2.75) is 26.8 Å². The van der Waals surface area contributed by atoms with Gasteiger partial charge in [-0.05, 0) is 31.5 Å². The first-order valence-electron chi connectivity index (χ1n) is 9.55. The van der Waals surface area contributed by atoms with Crippen LogP contribution in [0, 0.1) is 10.1 Å². The average molecular weight is 428 g/mol. The predicted molar refractivity (Wildman–Crippen MR) is 106 cm³/mol. The van der Waals surface area contributed by atoms with Crippen LogP contribution in [0.1, 0.15) is 46.9 Å². The number of non-ortho nitro benzene ring substituents is 1. The van der Waals surface area contributed by atoms with Gasteiger partial charge in [-0.1, -0.05) is 6.92 Å². The second kappa shape index (κ2) is 9.65. The number of carbonyl (C=O) groups excluding carboxylic acids is 2. The van der Waals surface area contributed by atoms with Crippen molar-refractivity contribution in [1.29, 1.82) is 0 Å². The van der Waals surface area contributed by atoms with Crippen LogP contribution in [0.25, 0.3) is 11.7 Å². The normalized spacial score (nSPS) is 10.6. The topological polar surface area (TPSA) is 142 Å². The molecular formula is C20H20N4O7. The molecule has 3 aromatic rings. The first kappa shape index (κ1) is 21.7. The van der Waals surface area contributed by atoms with E-state index in [-0.39, 0.29) is 41.7 Å². The highest BCUT2D eigenvalue weighted by molar-refractivity contribution is 5.99. The summed E-state index contributed by atoms with van der Waals surface area (Å²) in [5.74, 6) is -0.533. The third kappa shape index (κ3) is 5.13. The van der Waals surface area contributed by atoms with Crippen LogP contribution in [0.2, 0.25) is 0 Å². The van der Waals surface area contributed by atoms with Crippen molar-refractivity contribution in [3.63, 3.8) is 0 Å². The Bertz CT molecular complexity index is 1080. The summed E-state index contributed by atoms with van der Waals surface area (Å²) in [5, 5.41) is 19.1. The van der Waals surface area contributed by atoms with Crippen LogP contribution in [-0.4, -0.2) is 45.0 Å². The Morgan fingerprint density at radius 3 is 2.61 bits per heavy atom. The molecule has 0 N–H and O–H groups in total. The minimum absolute atomic E-state index is 0.0161. The summed E-state index contributed by atoms with van der Waals surface area (Å²) < 4.78 is 15.7. The zero-order chi connectivity index (χ0) is 22.4. The van der Waals surface area contributed by atoms with Crippen molar-refractivity contribution < 1.29 is 28.1 Å². The number of furan rings is 1. The molecule has 1 aromatic carbocycles. The predicted octanol–water partition coefficient (Wildman–Crippen LogP) is 3.47. The van der Waals surface area contributed by atoms with Gasteiger partial charge in [0.1, 0.15) is 0 Å². The van der Waals surface area contributed by atoms with Gasteiger partial charge < -0.3 is 18.5 Å². The molecular weight excluding hydrogens is 408 g/mol. The minimum atomic E-state index is -0.748. The fourth-order valence-electron chi connectivity index (χ4n) is 2.86. The molecule has 0 aliphatic heterocycles. The van der Waals surface area contributed by atoms with Crippen LogP contribution in [-0.2, 0) is 11.3 Å². The van der Waals surface area contributed by atoms with Gasteiger partial charge in [-0.2, -0.15) is 0 Å². The molecule has 31 heavy (non-hydrogen) atoms. The van der Waals surface area contributed by atoms with Gasteiger partial charge >= 0.3 is 5.97 Å². The van der Waals surface area contributed by atoms with Gasteiger partial charge in [0.05, 0.1) is 29.9 Å². The maximum Gasteiger partial charge on any atom is 0.338 e. The van der Waals surface area contributed by atoms with Crippen LogP contribution in [0.3, 0.4) is 0 Å². The zero-order valence-corrected chi connectivity index (χ0v) is 16.9. The number of ether oxygens (including phenoxy) is 1. The molecule has 0 spiro atoms. The van der Waals surface area contributed by atoms with E-state index in [9.17, 15) is 19.7 Å². The van der Waals surface area contributed by atoms with Crippen LogP contribution in [0.15, 0.2) is 45.4 Å². The number of amides is 1. The van der Waals surface area contributed by atoms with Crippen LogP contribution < -0.4 is 0 Å². The van der Waals surface area contributed by atoms with Crippen LogP contribution >= 0.6 is 0 Å². The summed E-state index contributed by atoms with van der Waals surface area (Å²) in [5.41, 5.74) is -0.478. The molecule has 0 radical (unpaired) electrons. The molecule has 0 bridgehead atoms. The quantitative estimate of drug-likeness (QED) is 0.284. The summed E-state index contributed by atoms with van der Waals surface area (Å²) >= 11 is 0. The molecule has 0 atom stereocenters. The largest absolute Gasteiger partial charge is 0.462 e. The molecule has 0 aliphatic carbocycles. The van der Waals surface area contributed by atoms with E-state index in [1.807, 2.05) is 6.92 Å². The molecule has 2 heterocycles. The van der Waals surface area contributed by atoms with E-state index in [0.717, 1.165) is 12.1 Å². The second-order valence-corrected chi connectivity index (χ2v) is 6.45. The van der Waals surface area contributed by atoms with Gasteiger partial charge in [-0.25, -0.2) is 4.79 Å². The smallest absolute Gasteiger partial charge is 0.338 e. The van der Waals surface area contributed by atoms with Crippen LogP contribution in [0.5, 0.6) is 0 Å². The lowest BCUT2D eigenvalue weighted by Crippen LogP contribution is -2.31. The number of rotatable bonds is 9. The van der Waals surface area contributed by atoms with Gasteiger partial charge in [0.15, 0.2) is 5.76 Å². The van der Waals surface area contributed by atoms with Crippen molar-refractivity contribution >= 4 is 17.6 Å². The monoisotopic (exact) mass is 428 g/mol. The summed E-state index contributed by atoms with van der Waals surface area (Å²) in [6, 6.07) is 6.81. The molecule has 0 saturated carbocycles. The molecule has 11 heteroatoms. The average Bonchev–Trinajstić information content (AvgIpc) is 3.44. The number of hydrogen-bond acceptors (Lipinski definition) is 9. The van der Waals surface area contributed by atoms with E-state index in [4.69, 9.17) is 13.6 Å². The van der Waals surface area contributed by atoms with Gasteiger partial charge in [0.25, 0.3) is 17.5 Å². The maximum atomic E-state index is 13.1. The minimum Gasteiger partial charge on any atom is -0.462 e. The van der Waals surface area contributed by atoms with E-state index >= 15 is 0 Å². The van der Waals surface area contributed by atoms with Gasteiger partial charge in [0, 0.05) is 24.2 Å². The van der Waals surface area contributed by atoms with E-state index in [2.05, 4.69) is 10.2 Å². The Labute approximate surface area is 176 Å². The van der Waals surface area contributed by atoms with E-state index in [1.165, 1.54) is 17.2 Å². The fourth-order valence-corrected chi connectivity index (χ4v) is 2.86. The zero-order valence-electron chi connectivity index (χ0n) is 16.9. The fraction of sp³-hybridized carbons (Fsp3) is 0.300. The summed E-state index contributed by atoms with van der Waals surface area (Å²) in [4.78, 5) is 37.2.